The summed E-state index contributed by atoms with van der Waals surface area (Å²) in [5.41, 5.74) is 2.29. The molecule has 22 heavy (non-hydrogen) atoms. The van der Waals surface area contributed by atoms with Crippen molar-refractivity contribution >= 4 is 11.6 Å². The summed E-state index contributed by atoms with van der Waals surface area (Å²) in [6.07, 6.45) is 5.46. The maximum Gasteiger partial charge on any atom is 0.229 e. The highest BCUT2D eigenvalue weighted by atomic mass is 16.7. The molecular weight excluding hydrogens is 278 g/mol. The van der Waals surface area contributed by atoms with E-state index in [-0.39, 0.29) is 18.3 Å². The lowest BCUT2D eigenvalue weighted by Gasteiger charge is -2.34. The second-order valence-electron chi connectivity index (χ2n) is 6.11. The molecular formula is C18H25NO3. The van der Waals surface area contributed by atoms with Crippen molar-refractivity contribution in [3.05, 3.63) is 29.8 Å². The molecule has 0 radical (unpaired) electrons. The highest BCUT2D eigenvalue weighted by Crippen LogP contribution is 2.25. The SMILES string of the molecule is CCc1ccc(N2CCC(OC3CCCCO3)CC2=O)cc1. The number of ether oxygens (including phenoxy) is 2. The van der Waals surface area contributed by atoms with E-state index in [0.29, 0.717) is 6.42 Å². The van der Waals surface area contributed by atoms with Gasteiger partial charge in [0.25, 0.3) is 0 Å². The van der Waals surface area contributed by atoms with Crippen LogP contribution in [0, 0.1) is 0 Å². The minimum Gasteiger partial charge on any atom is -0.353 e. The number of anilines is 1. The molecule has 1 aromatic carbocycles. The van der Waals surface area contributed by atoms with Crippen LogP contribution in [-0.2, 0) is 20.7 Å². The molecule has 2 fully saturated rings. The third kappa shape index (κ3) is 3.68. The molecule has 1 amide bonds. The molecule has 4 heteroatoms. The number of hydrogen-bond acceptors (Lipinski definition) is 3. The van der Waals surface area contributed by atoms with E-state index in [1.54, 1.807) is 0 Å². The number of nitrogens with zero attached hydrogens (tertiary/aromatic N) is 1. The Labute approximate surface area is 132 Å². The van der Waals surface area contributed by atoms with Gasteiger partial charge in [0.15, 0.2) is 6.29 Å². The first-order valence-electron chi connectivity index (χ1n) is 8.42. The summed E-state index contributed by atoms with van der Waals surface area (Å²) in [6, 6.07) is 8.28. The van der Waals surface area contributed by atoms with Gasteiger partial charge >= 0.3 is 0 Å². The fourth-order valence-corrected chi connectivity index (χ4v) is 3.14. The Bertz CT molecular complexity index is 494. The highest BCUT2D eigenvalue weighted by molar-refractivity contribution is 5.94. The number of benzene rings is 1. The zero-order chi connectivity index (χ0) is 15.4. The molecule has 2 aliphatic heterocycles. The fourth-order valence-electron chi connectivity index (χ4n) is 3.14. The van der Waals surface area contributed by atoms with Crippen LogP contribution in [0.5, 0.6) is 0 Å². The lowest BCUT2D eigenvalue weighted by Crippen LogP contribution is -2.43. The molecule has 0 bridgehead atoms. The van der Waals surface area contributed by atoms with E-state index in [1.807, 2.05) is 17.0 Å². The predicted molar refractivity (Wildman–Crippen MR) is 85.9 cm³/mol. The summed E-state index contributed by atoms with van der Waals surface area (Å²) in [5.74, 6) is 0.149. The van der Waals surface area contributed by atoms with Crippen LogP contribution in [0.1, 0.15) is 44.6 Å². The number of rotatable bonds is 4. The third-order valence-corrected chi connectivity index (χ3v) is 4.52. The molecule has 2 heterocycles. The zero-order valence-electron chi connectivity index (χ0n) is 13.3. The van der Waals surface area contributed by atoms with Gasteiger partial charge in [-0.15, -0.1) is 0 Å². The number of piperidine rings is 1. The lowest BCUT2D eigenvalue weighted by molar-refractivity contribution is -0.192. The number of hydrogen-bond donors (Lipinski definition) is 0. The molecule has 0 aromatic heterocycles. The first-order chi connectivity index (χ1) is 10.8. The largest absolute Gasteiger partial charge is 0.353 e. The van der Waals surface area contributed by atoms with Crippen molar-refractivity contribution in [1.82, 2.24) is 0 Å². The number of carbonyl (C=O) groups excluding carboxylic acids is 1. The topological polar surface area (TPSA) is 38.8 Å². The minimum absolute atomic E-state index is 0.00163. The predicted octanol–water partition coefficient (Wildman–Crippen LogP) is 3.29. The Hall–Kier alpha value is -1.39. The highest BCUT2D eigenvalue weighted by Gasteiger charge is 2.29. The molecule has 2 saturated heterocycles. The smallest absolute Gasteiger partial charge is 0.229 e. The lowest BCUT2D eigenvalue weighted by atomic mass is 10.0. The Morgan fingerprint density at radius 1 is 1.23 bits per heavy atom. The molecule has 0 N–H and O–H groups in total. The maximum absolute atomic E-state index is 12.4. The second kappa shape index (κ2) is 7.25. The monoisotopic (exact) mass is 303 g/mol. The van der Waals surface area contributed by atoms with Crippen molar-refractivity contribution in [2.24, 2.45) is 0 Å². The van der Waals surface area contributed by atoms with Crippen LogP contribution < -0.4 is 4.90 Å². The fraction of sp³-hybridized carbons (Fsp3) is 0.611. The quantitative estimate of drug-likeness (QED) is 0.857. The van der Waals surface area contributed by atoms with Crippen molar-refractivity contribution in [3.8, 4) is 0 Å². The van der Waals surface area contributed by atoms with Crippen LogP contribution in [-0.4, -0.2) is 31.5 Å². The van der Waals surface area contributed by atoms with Gasteiger partial charge in [-0.1, -0.05) is 19.1 Å². The van der Waals surface area contributed by atoms with E-state index in [4.69, 9.17) is 9.47 Å². The number of amides is 1. The van der Waals surface area contributed by atoms with Gasteiger partial charge < -0.3 is 14.4 Å². The third-order valence-electron chi connectivity index (χ3n) is 4.52. The van der Waals surface area contributed by atoms with Crippen LogP contribution >= 0.6 is 0 Å². The molecule has 2 aliphatic rings. The van der Waals surface area contributed by atoms with Crippen LogP contribution in [0.4, 0.5) is 5.69 Å². The van der Waals surface area contributed by atoms with E-state index < -0.39 is 0 Å². The van der Waals surface area contributed by atoms with Crippen LogP contribution in [0.15, 0.2) is 24.3 Å². The summed E-state index contributed by atoms with van der Waals surface area (Å²) in [5, 5.41) is 0. The normalized spacial score (nSPS) is 26.2. The summed E-state index contributed by atoms with van der Waals surface area (Å²) < 4.78 is 11.6. The van der Waals surface area contributed by atoms with E-state index in [0.717, 1.165) is 50.9 Å². The van der Waals surface area contributed by atoms with Gasteiger partial charge in [0.05, 0.1) is 12.5 Å². The molecule has 2 unspecified atom stereocenters. The van der Waals surface area contributed by atoms with Crippen LogP contribution in [0.3, 0.4) is 0 Å². The van der Waals surface area contributed by atoms with Crippen molar-refractivity contribution in [3.63, 3.8) is 0 Å². The summed E-state index contributed by atoms with van der Waals surface area (Å²) in [7, 11) is 0. The van der Waals surface area contributed by atoms with Crippen LogP contribution in [0.2, 0.25) is 0 Å². The van der Waals surface area contributed by atoms with E-state index in [1.165, 1.54) is 5.56 Å². The average molecular weight is 303 g/mol. The Morgan fingerprint density at radius 2 is 2.05 bits per heavy atom. The Balaban J connectivity index is 1.56. The van der Waals surface area contributed by atoms with Gasteiger partial charge in [-0.3, -0.25) is 4.79 Å². The van der Waals surface area contributed by atoms with Crippen molar-refractivity contribution < 1.29 is 14.3 Å². The standard InChI is InChI=1S/C18H25NO3/c1-2-14-6-8-15(9-7-14)19-11-10-16(13-17(19)20)22-18-5-3-4-12-21-18/h6-9,16,18H,2-5,10-13H2,1H3. The molecule has 0 aliphatic carbocycles. The van der Waals surface area contributed by atoms with Crippen LogP contribution in [0.25, 0.3) is 0 Å². The number of carbonyl (C=O) groups is 1. The average Bonchev–Trinajstić information content (AvgIpc) is 2.56. The molecule has 120 valence electrons. The number of aryl methyl sites for hydroxylation is 1. The molecule has 2 atom stereocenters. The Kier molecular flexibility index (Phi) is 5.11. The van der Waals surface area contributed by atoms with Crippen molar-refractivity contribution in [2.45, 2.75) is 57.8 Å². The minimum atomic E-state index is -0.109. The van der Waals surface area contributed by atoms with Gasteiger partial charge in [-0.05, 0) is 49.8 Å². The first-order valence-corrected chi connectivity index (χ1v) is 8.42. The first kappa shape index (κ1) is 15.5. The van der Waals surface area contributed by atoms with Crippen molar-refractivity contribution in [1.29, 1.82) is 0 Å². The maximum atomic E-state index is 12.4. The van der Waals surface area contributed by atoms with Gasteiger partial charge in [0, 0.05) is 18.8 Å². The van der Waals surface area contributed by atoms with Crippen molar-refractivity contribution in [2.75, 3.05) is 18.1 Å². The van der Waals surface area contributed by atoms with Gasteiger partial charge in [0.2, 0.25) is 5.91 Å². The zero-order valence-corrected chi connectivity index (χ0v) is 13.3. The molecule has 0 saturated carbocycles. The van der Waals surface area contributed by atoms with Gasteiger partial charge in [-0.2, -0.15) is 0 Å². The van der Waals surface area contributed by atoms with E-state index in [9.17, 15) is 4.79 Å². The summed E-state index contributed by atoms with van der Waals surface area (Å²) >= 11 is 0. The molecule has 1 aromatic rings. The molecule has 0 spiro atoms. The van der Waals surface area contributed by atoms with Gasteiger partial charge in [0.1, 0.15) is 0 Å². The second-order valence-corrected chi connectivity index (χ2v) is 6.11. The van der Waals surface area contributed by atoms with E-state index >= 15 is 0 Å². The molecule has 3 rings (SSSR count). The molecule has 4 nitrogen and oxygen atoms in total. The van der Waals surface area contributed by atoms with E-state index in [2.05, 4.69) is 19.1 Å². The Morgan fingerprint density at radius 3 is 2.68 bits per heavy atom. The summed E-state index contributed by atoms with van der Waals surface area (Å²) in [4.78, 5) is 14.3. The van der Waals surface area contributed by atoms with Gasteiger partial charge in [-0.25, -0.2) is 0 Å². The summed E-state index contributed by atoms with van der Waals surface area (Å²) in [6.45, 7) is 3.64.